The number of halogens is 2. The van der Waals surface area contributed by atoms with Gasteiger partial charge in [0.05, 0.1) is 14.9 Å². The van der Waals surface area contributed by atoms with Crippen LogP contribution < -0.4 is 4.72 Å². The number of hydrogen-bond acceptors (Lipinski definition) is 1. The van der Waals surface area contributed by atoms with Crippen LogP contribution in [0.5, 0.6) is 0 Å². The predicted octanol–water partition coefficient (Wildman–Crippen LogP) is 4.13. The first kappa shape index (κ1) is 12.4. The molecule has 1 N–H and O–H groups in total. The lowest BCUT2D eigenvalue weighted by molar-refractivity contribution is 0.686. The zero-order chi connectivity index (χ0) is 12.3. The van der Waals surface area contributed by atoms with Gasteiger partial charge in [0.2, 0.25) is 0 Å². The second-order valence-corrected chi connectivity index (χ2v) is 5.34. The van der Waals surface area contributed by atoms with E-state index in [2.05, 4.69) is 4.72 Å². The van der Waals surface area contributed by atoms with Gasteiger partial charge in [-0.15, -0.1) is 0 Å². The van der Waals surface area contributed by atoms with Crippen LogP contribution in [0.3, 0.4) is 0 Å². The number of para-hydroxylation sites is 1. The molecule has 2 aromatic carbocycles. The molecule has 5 heteroatoms. The molecule has 0 amide bonds. The van der Waals surface area contributed by atoms with Crippen molar-refractivity contribution in [1.29, 1.82) is 0 Å². The van der Waals surface area contributed by atoms with Crippen molar-refractivity contribution in [3.63, 3.8) is 0 Å². The first-order valence-corrected chi connectivity index (χ1v) is 6.76. The number of benzene rings is 2. The molecule has 88 valence electrons. The molecule has 0 spiro atoms. The van der Waals surface area contributed by atoms with E-state index in [1.165, 1.54) is 0 Å². The topological polar surface area (TPSA) is 29.1 Å². The molecule has 2 nitrogen and oxygen atoms in total. The van der Waals surface area contributed by atoms with Gasteiger partial charge in [0.15, 0.2) is 0 Å². The smallest absolute Gasteiger partial charge is 0.150 e. The van der Waals surface area contributed by atoms with Gasteiger partial charge in [-0.3, -0.25) is 0 Å². The van der Waals surface area contributed by atoms with E-state index in [9.17, 15) is 4.21 Å². The molecule has 2 rings (SSSR count). The monoisotopic (exact) mass is 285 g/mol. The van der Waals surface area contributed by atoms with Gasteiger partial charge < -0.3 is 4.72 Å². The fourth-order valence-corrected chi connectivity index (χ4v) is 2.51. The quantitative estimate of drug-likeness (QED) is 0.903. The lowest BCUT2D eigenvalue weighted by Gasteiger charge is -2.06. The van der Waals surface area contributed by atoms with Crippen LogP contribution in [-0.2, 0) is 11.0 Å². The van der Waals surface area contributed by atoms with Gasteiger partial charge in [-0.2, -0.15) is 0 Å². The van der Waals surface area contributed by atoms with Crippen molar-refractivity contribution in [1.82, 2.24) is 0 Å². The summed E-state index contributed by atoms with van der Waals surface area (Å²) < 4.78 is 14.9. The van der Waals surface area contributed by atoms with E-state index < -0.39 is 11.0 Å². The van der Waals surface area contributed by atoms with Gasteiger partial charge in [0.1, 0.15) is 11.0 Å². The fraction of sp³-hybridized carbons (Fsp3) is 0. The van der Waals surface area contributed by atoms with E-state index in [0.29, 0.717) is 14.9 Å². The van der Waals surface area contributed by atoms with Crippen LogP contribution in [0.25, 0.3) is 0 Å². The molecule has 0 unspecified atom stereocenters. The van der Waals surface area contributed by atoms with Crippen molar-refractivity contribution in [2.45, 2.75) is 4.90 Å². The van der Waals surface area contributed by atoms with E-state index in [0.717, 1.165) is 5.69 Å². The summed E-state index contributed by atoms with van der Waals surface area (Å²) in [7, 11) is -1.35. The Balaban J connectivity index is 2.18. The molecular formula is C12H9Cl2NOS. The lowest BCUT2D eigenvalue weighted by atomic mass is 10.3. The van der Waals surface area contributed by atoms with Crippen molar-refractivity contribution in [2.24, 2.45) is 0 Å². The van der Waals surface area contributed by atoms with Crippen molar-refractivity contribution >= 4 is 39.9 Å². The number of anilines is 1. The van der Waals surface area contributed by atoms with E-state index in [-0.39, 0.29) is 0 Å². The maximum atomic E-state index is 12.0. The molecule has 0 aliphatic carbocycles. The second kappa shape index (κ2) is 5.54. The fourth-order valence-electron chi connectivity index (χ4n) is 1.26. The molecule has 0 saturated carbocycles. The average molecular weight is 286 g/mol. The van der Waals surface area contributed by atoms with Crippen LogP contribution in [0.4, 0.5) is 5.69 Å². The molecule has 0 aliphatic rings. The Hall–Kier alpha value is -1.03. The van der Waals surface area contributed by atoms with Gasteiger partial charge >= 0.3 is 0 Å². The summed E-state index contributed by atoms with van der Waals surface area (Å²) in [5.41, 5.74) is 0.789. The highest BCUT2D eigenvalue weighted by molar-refractivity contribution is 7.86. The molecule has 0 aromatic heterocycles. The first-order valence-electron chi connectivity index (χ1n) is 4.85. The molecule has 0 heterocycles. The van der Waals surface area contributed by atoms with Gasteiger partial charge in [0.25, 0.3) is 0 Å². The van der Waals surface area contributed by atoms with Crippen LogP contribution in [0, 0.1) is 0 Å². The highest BCUT2D eigenvalue weighted by Crippen LogP contribution is 2.24. The molecule has 0 bridgehead atoms. The van der Waals surface area contributed by atoms with Crippen LogP contribution >= 0.6 is 23.2 Å². The first-order chi connectivity index (χ1) is 8.16. The zero-order valence-corrected chi connectivity index (χ0v) is 11.0. The average Bonchev–Trinajstić information content (AvgIpc) is 2.34. The molecule has 17 heavy (non-hydrogen) atoms. The lowest BCUT2D eigenvalue weighted by Crippen LogP contribution is -2.04. The Morgan fingerprint density at radius 3 is 2.29 bits per heavy atom. The van der Waals surface area contributed by atoms with Gasteiger partial charge in [-0.05, 0) is 30.3 Å². The Labute approximate surface area is 112 Å². The largest absolute Gasteiger partial charge is 0.301 e. The highest BCUT2D eigenvalue weighted by atomic mass is 35.5. The van der Waals surface area contributed by atoms with Crippen LogP contribution in [0.15, 0.2) is 53.4 Å². The third-order valence-electron chi connectivity index (χ3n) is 2.09. The van der Waals surface area contributed by atoms with Crippen LogP contribution in [-0.4, -0.2) is 4.21 Å². The predicted molar refractivity (Wildman–Crippen MR) is 72.9 cm³/mol. The van der Waals surface area contributed by atoms with Gasteiger partial charge in [0, 0.05) is 5.69 Å². The Kier molecular flexibility index (Phi) is 4.05. The second-order valence-electron chi connectivity index (χ2n) is 3.31. The minimum absolute atomic E-state index is 0.396. The van der Waals surface area contributed by atoms with Crippen LogP contribution in [0.1, 0.15) is 0 Å². The maximum Gasteiger partial charge on any atom is 0.150 e. The highest BCUT2D eigenvalue weighted by Gasteiger charge is 2.06. The summed E-state index contributed by atoms with van der Waals surface area (Å²) in [6, 6.07) is 14.2. The summed E-state index contributed by atoms with van der Waals surface area (Å²) in [6.45, 7) is 0. The Bertz CT molecular complexity index is 545. The Morgan fingerprint density at radius 1 is 0.941 bits per heavy atom. The molecular weight excluding hydrogens is 277 g/mol. The summed E-state index contributed by atoms with van der Waals surface area (Å²) >= 11 is 11.7. The van der Waals surface area contributed by atoms with Crippen molar-refractivity contribution in [3.05, 3.63) is 58.6 Å². The van der Waals surface area contributed by atoms with Gasteiger partial charge in [-0.25, -0.2) is 4.21 Å². The minimum atomic E-state index is -1.35. The van der Waals surface area contributed by atoms with Crippen molar-refractivity contribution in [2.75, 3.05) is 4.72 Å². The summed E-state index contributed by atoms with van der Waals surface area (Å²) in [5, 5.41) is 0.847. The van der Waals surface area contributed by atoms with E-state index >= 15 is 0 Å². The molecule has 0 fully saturated rings. The van der Waals surface area contributed by atoms with Crippen LogP contribution in [0.2, 0.25) is 10.0 Å². The number of hydrogen-bond donors (Lipinski definition) is 1. The van der Waals surface area contributed by atoms with E-state index in [1.807, 2.05) is 30.3 Å². The molecule has 0 aliphatic heterocycles. The number of nitrogens with one attached hydrogen (secondary N) is 1. The van der Waals surface area contributed by atoms with E-state index in [4.69, 9.17) is 23.2 Å². The minimum Gasteiger partial charge on any atom is -0.301 e. The van der Waals surface area contributed by atoms with Gasteiger partial charge in [-0.1, -0.05) is 41.4 Å². The summed E-state index contributed by atoms with van der Waals surface area (Å²) in [6.07, 6.45) is 0. The third-order valence-corrected chi connectivity index (χ3v) is 3.93. The summed E-state index contributed by atoms with van der Waals surface area (Å²) in [5.74, 6) is 0. The SMILES string of the molecule is O=[S@](Nc1ccccc1)c1ccc(Cl)c(Cl)c1. The maximum absolute atomic E-state index is 12.0. The summed E-state index contributed by atoms with van der Waals surface area (Å²) in [4.78, 5) is 0.586. The third kappa shape index (κ3) is 3.22. The van der Waals surface area contributed by atoms with Crippen molar-refractivity contribution in [3.8, 4) is 0 Å². The zero-order valence-electron chi connectivity index (χ0n) is 8.69. The molecule has 1 atom stereocenters. The Morgan fingerprint density at radius 2 is 1.65 bits per heavy atom. The van der Waals surface area contributed by atoms with E-state index in [1.54, 1.807) is 18.2 Å². The molecule has 0 saturated heterocycles. The standard InChI is InChI=1S/C12H9Cl2NOS/c13-11-7-6-10(8-12(11)14)17(16)15-9-4-2-1-3-5-9/h1-8,15H/t17-/m0/s1. The van der Waals surface area contributed by atoms with Crippen molar-refractivity contribution < 1.29 is 4.21 Å². The molecule has 2 aromatic rings. The normalized spacial score (nSPS) is 12.1. The molecule has 0 radical (unpaired) electrons. The number of rotatable bonds is 3.